The maximum Gasteiger partial charge on any atom is 0.224 e. The summed E-state index contributed by atoms with van der Waals surface area (Å²) in [5, 5.41) is 6.10. The molecule has 0 bridgehead atoms. The van der Waals surface area contributed by atoms with Gasteiger partial charge in [0.05, 0.1) is 12.3 Å². The number of hydrogen-bond donors (Lipinski definition) is 2. The highest BCUT2D eigenvalue weighted by molar-refractivity contribution is 5.92. The fourth-order valence-electron chi connectivity index (χ4n) is 2.44. The molecule has 2 N–H and O–H groups in total. The largest absolute Gasteiger partial charge is 0.492 e. The van der Waals surface area contributed by atoms with Gasteiger partial charge in [-0.3, -0.25) is 4.79 Å². The van der Waals surface area contributed by atoms with Crippen molar-refractivity contribution in [1.29, 1.82) is 0 Å². The standard InChI is InChI=1S/C15H21FN2O2/c1-2-20-14-9-12(16)5-6-13(14)18-15(19)8-11-4-3-7-17-10-11/h5-6,9,11,17H,2-4,7-8,10H2,1H3,(H,18,19). The van der Waals surface area contributed by atoms with Crippen molar-refractivity contribution in [2.24, 2.45) is 5.92 Å². The Hall–Kier alpha value is -1.62. The number of anilines is 1. The number of halogens is 1. The average molecular weight is 280 g/mol. The summed E-state index contributed by atoms with van der Waals surface area (Å²) in [5.74, 6) is 0.330. The molecule has 1 aliphatic rings. The number of carbonyl (C=O) groups is 1. The first kappa shape index (κ1) is 14.8. The molecule has 0 aliphatic carbocycles. The first-order chi connectivity index (χ1) is 9.69. The number of carbonyl (C=O) groups excluding carboxylic acids is 1. The summed E-state index contributed by atoms with van der Waals surface area (Å²) >= 11 is 0. The first-order valence-electron chi connectivity index (χ1n) is 7.12. The van der Waals surface area contributed by atoms with Gasteiger partial charge in [-0.2, -0.15) is 0 Å². The van der Waals surface area contributed by atoms with Crippen LogP contribution in [0.15, 0.2) is 18.2 Å². The van der Waals surface area contributed by atoms with E-state index in [1.165, 1.54) is 18.2 Å². The normalized spacial score (nSPS) is 18.6. The van der Waals surface area contributed by atoms with Crippen molar-refractivity contribution in [3.05, 3.63) is 24.0 Å². The minimum atomic E-state index is -0.372. The lowest BCUT2D eigenvalue weighted by Crippen LogP contribution is -2.32. The number of ether oxygens (including phenoxy) is 1. The Labute approximate surface area is 118 Å². The van der Waals surface area contributed by atoms with E-state index in [4.69, 9.17) is 4.74 Å². The average Bonchev–Trinajstić information content (AvgIpc) is 2.43. The Morgan fingerprint density at radius 2 is 2.40 bits per heavy atom. The lowest BCUT2D eigenvalue weighted by molar-refractivity contribution is -0.117. The second-order valence-corrected chi connectivity index (χ2v) is 5.04. The highest BCUT2D eigenvalue weighted by Crippen LogP contribution is 2.26. The van der Waals surface area contributed by atoms with Gasteiger partial charge in [-0.15, -0.1) is 0 Å². The van der Waals surface area contributed by atoms with Crippen LogP contribution in [0, 0.1) is 11.7 Å². The van der Waals surface area contributed by atoms with Crippen molar-refractivity contribution in [3.63, 3.8) is 0 Å². The topological polar surface area (TPSA) is 50.4 Å². The zero-order chi connectivity index (χ0) is 14.4. The molecule has 1 amide bonds. The van der Waals surface area contributed by atoms with Crippen molar-refractivity contribution in [3.8, 4) is 5.75 Å². The number of rotatable bonds is 5. The molecule has 4 nitrogen and oxygen atoms in total. The lowest BCUT2D eigenvalue weighted by Gasteiger charge is -2.22. The molecule has 1 aromatic rings. The zero-order valence-corrected chi connectivity index (χ0v) is 11.7. The molecule has 1 aliphatic heterocycles. The highest BCUT2D eigenvalue weighted by atomic mass is 19.1. The van der Waals surface area contributed by atoms with Gasteiger partial charge in [-0.05, 0) is 50.9 Å². The molecule has 1 saturated heterocycles. The lowest BCUT2D eigenvalue weighted by atomic mass is 9.96. The zero-order valence-electron chi connectivity index (χ0n) is 11.7. The van der Waals surface area contributed by atoms with Crippen LogP contribution in [0.2, 0.25) is 0 Å². The highest BCUT2D eigenvalue weighted by Gasteiger charge is 2.17. The number of amides is 1. The second kappa shape index (κ2) is 7.24. The van der Waals surface area contributed by atoms with E-state index in [-0.39, 0.29) is 11.7 Å². The summed E-state index contributed by atoms with van der Waals surface area (Å²) < 4.78 is 18.5. The van der Waals surface area contributed by atoms with Crippen LogP contribution in [0.3, 0.4) is 0 Å². The molecule has 1 heterocycles. The van der Waals surface area contributed by atoms with E-state index in [2.05, 4.69) is 10.6 Å². The molecular weight excluding hydrogens is 259 g/mol. The maximum absolute atomic E-state index is 13.2. The van der Waals surface area contributed by atoms with Crippen molar-refractivity contribution in [2.75, 3.05) is 25.0 Å². The fraction of sp³-hybridized carbons (Fsp3) is 0.533. The summed E-state index contributed by atoms with van der Waals surface area (Å²) in [6.07, 6.45) is 2.66. The molecule has 2 rings (SSSR count). The van der Waals surface area contributed by atoms with Gasteiger partial charge in [0.1, 0.15) is 11.6 Å². The first-order valence-corrected chi connectivity index (χ1v) is 7.12. The summed E-state index contributed by atoms with van der Waals surface area (Å²) in [5.41, 5.74) is 0.530. The quantitative estimate of drug-likeness (QED) is 0.871. The maximum atomic E-state index is 13.2. The number of nitrogens with one attached hydrogen (secondary N) is 2. The molecule has 1 atom stereocenters. The minimum absolute atomic E-state index is 0.0498. The predicted molar refractivity (Wildman–Crippen MR) is 76.4 cm³/mol. The van der Waals surface area contributed by atoms with Crippen LogP contribution in [0.25, 0.3) is 0 Å². The number of benzene rings is 1. The molecule has 20 heavy (non-hydrogen) atoms. The Morgan fingerprint density at radius 1 is 1.55 bits per heavy atom. The van der Waals surface area contributed by atoms with Crippen molar-refractivity contribution >= 4 is 11.6 Å². The molecule has 1 unspecified atom stereocenters. The van der Waals surface area contributed by atoms with Crippen LogP contribution < -0.4 is 15.4 Å². The second-order valence-electron chi connectivity index (χ2n) is 5.04. The van der Waals surface area contributed by atoms with E-state index >= 15 is 0 Å². The minimum Gasteiger partial charge on any atom is -0.492 e. The molecule has 110 valence electrons. The van der Waals surface area contributed by atoms with Gasteiger partial charge in [-0.1, -0.05) is 0 Å². The van der Waals surface area contributed by atoms with Gasteiger partial charge < -0.3 is 15.4 Å². The molecule has 1 fully saturated rings. The van der Waals surface area contributed by atoms with Crippen LogP contribution in [-0.4, -0.2) is 25.6 Å². The van der Waals surface area contributed by atoms with Crippen molar-refractivity contribution in [2.45, 2.75) is 26.2 Å². The van der Waals surface area contributed by atoms with Gasteiger partial charge in [0.25, 0.3) is 0 Å². The third-order valence-corrected chi connectivity index (χ3v) is 3.39. The molecule has 1 aromatic carbocycles. The molecule has 0 saturated carbocycles. The Kier molecular flexibility index (Phi) is 5.35. The van der Waals surface area contributed by atoms with E-state index < -0.39 is 0 Å². The van der Waals surface area contributed by atoms with Crippen LogP contribution in [-0.2, 0) is 4.79 Å². The summed E-state index contributed by atoms with van der Waals surface area (Å²) in [7, 11) is 0. The Balaban J connectivity index is 1.96. The molecule has 0 radical (unpaired) electrons. The molecule has 0 aromatic heterocycles. The third-order valence-electron chi connectivity index (χ3n) is 3.39. The van der Waals surface area contributed by atoms with Gasteiger partial charge in [0.15, 0.2) is 0 Å². The smallest absolute Gasteiger partial charge is 0.224 e. The van der Waals surface area contributed by atoms with Gasteiger partial charge >= 0.3 is 0 Å². The van der Waals surface area contributed by atoms with Crippen LogP contribution in [0.4, 0.5) is 10.1 Å². The third kappa shape index (κ3) is 4.20. The van der Waals surface area contributed by atoms with Gasteiger partial charge in [0.2, 0.25) is 5.91 Å². The number of piperidine rings is 1. The van der Waals surface area contributed by atoms with Gasteiger partial charge in [-0.25, -0.2) is 4.39 Å². The Morgan fingerprint density at radius 3 is 3.10 bits per heavy atom. The fourth-order valence-corrected chi connectivity index (χ4v) is 2.44. The summed E-state index contributed by atoms with van der Waals surface area (Å²) in [6.45, 7) is 4.17. The van der Waals surface area contributed by atoms with Crippen molar-refractivity contribution in [1.82, 2.24) is 5.32 Å². The van der Waals surface area contributed by atoms with E-state index in [1.807, 2.05) is 6.92 Å². The van der Waals surface area contributed by atoms with Gasteiger partial charge in [0, 0.05) is 12.5 Å². The van der Waals surface area contributed by atoms with E-state index in [1.54, 1.807) is 0 Å². The van der Waals surface area contributed by atoms with Crippen LogP contribution >= 0.6 is 0 Å². The molecule has 5 heteroatoms. The van der Waals surface area contributed by atoms with E-state index in [0.717, 1.165) is 25.9 Å². The molecule has 0 spiro atoms. The Bertz CT molecular complexity index is 459. The monoisotopic (exact) mass is 280 g/mol. The summed E-state index contributed by atoms with van der Waals surface area (Å²) in [4.78, 5) is 12.0. The van der Waals surface area contributed by atoms with Crippen LogP contribution in [0.1, 0.15) is 26.2 Å². The van der Waals surface area contributed by atoms with E-state index in [0.29, 0.717) is 30.4 Å². The molecular formula is C15H21FN2O2. The van der Waals surface area contributed by atoms with Crippen LogP contribution in [0.5, 0.6) is 5.75 Å². The van der Waals surface area contributed by atoms with Crippen molar-refractivity contribution < 1.29 is 13.9 Å². The SMILES string of the molecule is CCOc1cc(F)ccc1NC(=O)CC1CCCNC1. The summed E-state index contributed by atoms with van der Waals surface area (Å²) in [6, 6.07) is 4.15. The predicted octanol–water partition coefficient (Wildman–Crippen LogP) is 2.55. The van der Waals surface area contributed by atoms with E-state index in [9.17, 15) is 9.18 Å². The number of hydrogen-bond acceptors (Lipinski definition) is 3.